The van der Waals surface area contributed by atoms with E-state index in [2.05, 4.69) is 50.6 Å². The largest absolute Gasteiger partial charge is 0.356 e. The zero-order valence-corrected chi connectivity index (χ0v) is 25.7. The summed E-state index contributed by atoms with van der Waals surface area (Å²) in [6.45, 7) is 12.4. The highest BCUT2D eigenvalue weighted by molar-refractivity contribution is 5.75. The first-order chi connectivity index (χ1) is 17.7. The molecule has 1 aliphatic carbocycles. The molecule has 0 radical (unpaired) electrons. The van der Waals surface area contributed by atoms with Crippen molar-refractivity contribution in [1.29, 1.82) is 0 Å². The number of carbonyl (C=O) groups excluding carboxylic acids is 1. The van der Waals surface area contributed by atoms with E-state index in [0.29, 0.717) is 12.3 Å². The van der Waals surface area contributed by atoms with Crippen LogP contribution >= 0.6 is 0 Å². The van der Waals surface area contributed by atoms with E-state index in [-0.39, 0.29) is 22.6 Å². The molecule has 2 aliphatic rings. The fourth-order valence-corrected chi connectivity index (χ4v) is 6.73. The number of amides is 1. The van der Waals surface area contributed by atoms with Gasteiger partial charge >= 0.3 is 0 Å². The summed E-state index contributed by atoms with van der Waals surface area (Å²) in [6, 6.07) is 0. The van der Waals surface area contributed by atoms with Crippen LogP contribution in [0.15, 0.2) is 0 Å². The molecule has 1 unspecified atom stereocenters. The minimum absolute atomic E-state index is 0.0555. The van der Waals surface area contributed by atoms with Gasteiger partial charge in [-0.25, -0.2) is 0 Å². The highest BCUT2D eigenvalue weighted by Crippen LogP contribution is 2.42. The van der Waals surface area contributed by atoms with Crippen LogP contribution in [-0.4, -0.2) is 29.2 Å². The summed E-state index contributed by atoms with van der Waals surface area (Å²) in [5.74, 6) is 0.897. The Kier molecular flexibility index (Phi) is 15.1. The van der Waals surface area contributed by atoms with Crippen molar-refractivity contribution in [2.24, 2.45) is 5.92 Å². The molecule has 1 spiro atoms. The van der Waals surface area contributed by atoms with Crippen molar-refractivity contribution in [1.82, 2.24) is 16.0 Å². The number of unbranched alkanes of at least 4 members (excludes halogenated alkanes) is 15. The third-order valence-corrected chi connectivity index (χ3v) is 9.65. The first-order valence-corrected chi connectivity index (χ1v) is 16.6. The molecule has 0 bridgehead atoms. The molecule has 1 aliphatic heterocycles. The van der Waals surface area contributed by atoms with Gasteiger partial charge in [0.15, 0.2) is 0 Å². The maximum atomic E-state index is 12.4. The molecule has 0 aromatic heterocycles. The fraction of sp³-hybridized carbons (Fsp3) is 0.970. The summed E-state index contributed by atoms with van der Waals surface area (Å²) in [7, 11) is 0. The van der Waals surface area contributed by atoms with Crippen molar-refractivity contribution in [3.63, 3.8) is 0 Å². The monoisotopic (exact) mass is 520 g/mol. The van der Waals surface area contributed by atoms with Crippen LogP contribution in [0.2, 0.25) is 0 Å². The Balaban J connectivity index is 1.38. The summed E-state index contributed by atoms with van der Waals surface area (Å²) in [4.78, 5) is 12.4. The Bertz CT molecular complexity index is 599. The van der Waals surface area contributed by atoms with Gasteiger partial charge < -0.3 is 5.32 Å². The van der Waals surface area contributed by atoms with E-state index >= 15 is 0 Å². The van der Waals surface area contributed by atoms with Crippen LogP contribution in [-0.2, 0) is 4.79 Å². The van der Waals surface area contributed by atoms with E-state index in [1.54, 1.807) is 0 Å². The normalized spacial score (nSPS) is 21.9. The van der Waals surface area contributed by atoms with Gasteiger partial charge in [-0.1, -0.05) is 110 Å². The SMILES string of the molecule is CCCCCCCCCCCCCCCCCCNC(=O)CCC1CCCC2(C1)NC(C)(C)C(C)(C)N2. The minimum Gasteiger partial charge on any atom is -0.356 e. The Morgan fingerprint density at radius 3 is 1.68 bits per heavy atom. The van der Waals surface area contributed by atoms with Gasteiger partial charge in [0.2, 0.25) is 5.91 Å². The second-order valence-corrected chi connectivity index (χ2v) is 13.7. The Hall–Kier alpha value is -0.610. The summed E-state index contributed by atoms with van der Waals surface area (Å²) in [5, 5.41) is 11.0. The molecular formula is C33H65N3O. The van der Waals surface area contributed by atoms with Gasteiger partial charge in [-0.2, -0.15) is 0 Å². The predicted octanol–water partition coefficient (Wildman–Crippen LogP) is 8.78. The van der Waals surface area contributed by atoms with Crippen molar-refractivity contribution in [3.8, 4) is 0 Å². The highest BCUT2D eigenvalue weighted by Gasteiger charge is 2.54. The van der Waals surface area contributed by atoms with E-state index in [1.165, 1.54) is 116 Å². The number of carbonyl (C=O) groups is 1. The van der Waals surface area contributed by atoms with E-state index in [4.69, 9.17) is 0 Å². The lowest BCUT2D eigenvalue weighted by Crippen LogP contribution is -2.55. The Labute approximate surface area is 231 Å². The quantitative estimate of drug-likeness (QED) is 0.141. The number of rotatable bonds is 20. The van der Waals surface area contributed by atoms with Gasteiger partial charge in [0.1, 0.15) is 0 Å². The third kappa shape index (κ3) is 12.4. The third-order valence-electron chi connectivity index (χ3n) is 9.65. The molecule has 4 nitrogen and oxygen atoms in total. The molecule has 0 aromatic rings. The first-order valence-electron chi connectivity index (χ1n) is 16.6. The van der Waals surface area contributed by atoms with Crippen LogP contribution in [0.25, 0.3) is 0 Å². The second kappa shape index (κ2) is 17.2. The van der Waals surface area contributed by atoms with Gasteiger partial charge in [0, 0.05) is 24.0 Å². The Morgan fingerprint density at radius 1 is 0.730 bits per heavy atom. The van der Waals surface area contributed by atoms with Crippen LogP contribution in [0.5, 0.6) is 0 Å². The molecule has 1 amide bonds. The maximum Gasteiger partial charge on any atom is 0.220 e. The van der Waals surface area contributed by atoms with Crippen LogP contribution < -0.4 is 16.0 Å². The standard InChI is InChI=1S/C33H65N3O/c1-6-7-8-9-10-11-12-13-14-15-16-17-18-19-20-21-27-34-30(37)25-24-29-23-22-26-33(28-29)35-31(2,3)32(4,5)36-33/h29,35-36H,6-28H2,1-5H3,(H,34,37). The molecule has 4 heteroatoms. The summed E-state index contributed by atoms with van der Waals surface area (Å²) >= 11 is 0. The molecule has 2 fully saturated rings. The molecule has 1 saturated carbocycles. The zero-order chi connectivity index (χ0) is 27.0. The molecule has 37 heavy (non-hydrogen) atoms. The van der Waals surface area contributed by atoms with E-state index in [9.17, 15) is 4.79 Å². The predicted molar refractivity (Wildman–Crippen MR) is 161 cm³/mol. The lowest BCUT2D eigenvalue weighted by Gasteiger charge is -2.40. The lowest BCUT2D eigenvalue weighted by atomic mass is 9.79. The Morgan fingerprint density at radius 2 is 1.19 bits per heavy atom. The average Bonchev–Trinajstić information content (AvgIpc) is 3.01. The maximum absolute atomic E-state index is 12.4. The van der Waals surface area contributed by atoms with Crippen molar-refractivity contribution >= 4 is 5.91 Å². The van der Waals surface area contributed by atoms with Crippen molar-refractivity contribution in [3.05, 3.63) is 0 Å². The lowest BCUT2D eigenvalue weighted by molar-refractivity contribution is -0.121. The second-order valence-electron chi connectivity index (χ2n) is 13.7. The number of nitrogens with one attached hydrogen (secondary N) is 3. The number of hydrogen-bond donors (Lipinski definition) is 3. The van der Waals surface area contributed by atoms with Gasteiger partial charge in [0.05, 0.1) is 5.66 Å². The van der Waals surface area contributed by atoms with Gasteiger partial charge in [-0.05, 0) is 65.7 Å². The van der Waals surface area contributed by atoms with Crippen LogP contribution in [0, 0.1) is 5.92 Å². The van der Waals surface area contributed by atoms with Crippen LogP contribution in [0.3, 0.4) is 0 Å². The van der Waals surface area contributed by atoms with E-state index in [1.807, 2.05) is 0 Å². The molecule has 2 rings (SSSR count). The summed E-state index contributed by atoms with van der Waals surface area (Å²) in [5.41, 5.74) is 0.221. The van der Waals surface area contributed by atoms with Crippen LogP contribution in [0.1, 0.15) is 176 Å². The van der Waals surface area contributed by atoms with Gasteiger partial charge in [-0.15, -0.1) is 0 Å². The molecule has 1 saturated heterocycles. The number of hydrogen-bond acceptors (Lipinski definition) is 3. The zero-order valence-electron chi connectivity index (χ0n) is 25.7. The first kappa shape index (κ1) is 32.6. The van der Waals surface area contributed by atoms with Crippen LogP contribution in [0.4, 0.5) is 0 Å². The molecule has 1 heterocycles. The van der Waals surface area contributed by atoms with E-state index < -0.39 is 0 Å². The smallest absolute Gasteiger partial charge is 0.220 e. The van der Waals surface area contributed by atoms with E-state index in [0.717, 1.165) is 25.8 Å². The topological polar surface area (TPSA) is 53.2 Å². The fourth-order valence-electron chi connectivity index (χ4n) is 6.73. The van der Waals surface area contributed by atoms with Crippen molar-refractivity contribution in [2.75, 3.05) is 6.54 Å². The summed E-state index contributed by atoms with van der Waals surface area (Å²) in [6.07, 6.45) is 28.8. The molecule has 218 valence electrons. The molecule has 1 atom stereocenters. The molecule has 3 N–H and O–H groups in total. The van der Waals surface area contributed by atoms with Crippen molar-refractivity contribution in [2.45, 2.75) is 193 Å². The molecular weight excluding hydrogens is 454 g/mol. The van der Waals surface area contributed by atoms with Gasteiger partial charge in [0.25, 0.3) is 0 Å². The highest BCUT2D eigenvalue weighted by atomic mass is 16.1. The summed E-state index contributed by atoms with van der Waals surface area (Å²) < 4.78 is 0. The van der Waals surface area contributed by atoms with Crippen molar-refractivity contribution < 1.29 is 4.79 Å². The minimum atomic E-state index is 0.0555. The molecule has 0 aromatic carbocycles. The average molecular weight is 520 g/mol. The van der Waals surface area contributed by atoms with Gasteiger partial charge in [-0.3, -0.25) is 15.4 Å².